The molecule has 1 fully saturated rings. The molecular formula is C20H26N4O5S. The molecule has 3 rings (SSSR count). The van der Waals surface area contributed by atoms with Gasteiger partial charge >= 0.3 is 0 Å². The Labute approximate surface area is 176 Å². The van der Waals surface area contributed by atoms with Crippen LogP contribution in [0.1, 0.15) is 29.8 Å². The molecule has 1 aromatic carbocycles. The van der Waals surface area contributed by atoms with Crippen LogP contribution in [0.25, 0.3) is 0 Å². The Morgan fingerprint density at radius 1 is 1.17 bits per heavy atom. The zero-order valence-electron chi connectivity index (χ0n) is 17.2. The lowest BCUT2D eigenvalue weighted by Crippen LogP contribution is -2.45. The molecule has 0 spiro atoms. The van der Waals surface area contributed by atoms with Crippen molar-refractivity contribution in [2.24, 2.45) is 0 Å². The summed E-state index contributed by atoms with van der Waals surface area (Å²) in [6.45, 7) is 5.98. The van der Waals surface area contributed by atoms with Gasteiger partial charge in [-0.15, -0.1) is 0 Å². The molecule has 162 valence electrons. The largest absolute Gasteiger partial charge is 0.372 e. The van der Waals surface area contributed by atoms with Gasteiger partial charge in [0.05, 0.1) is 24.2 Å². The van der Waals surface area contributed by atoms with E-state index < -0.39 is 10.0 Å². The van der Waals surface area contributed by atoms with E-state index in [0.717, 1.165) is 24.5 Å². The monoisotopic (exact) mass is 434 g/mol. The number of carbonyl (C=O) groups is 1. The maximum atomic E-state index is 12.3. The fourth-order valence-electron chi connectivity index (χ4n) is 3.30. The number of aromatic nitrogens is 1. The van der Waals surface area contributed by atoms with E-state index in [9.17, 15) is 13.2 Å². The van der Waals surface area contributed by atoms with Crippen LogP contribution in [-0.2, 0) is 26.1 Å². The highest BCUT2D eigenvalue weighted by Crippen LogP contribution is 2.18. The molecule has 2 heterocycles. The number of amides is 1. The number of carbonyl (C=O) groups excluding carboxylic acids is 1. The molecule has 2 N–H and O–H groups in total. The number of pyridine rings is 1. The molecular weight excluding hydrogens is 408 g/mol. The Bertz CT molecular complexity index is 954. The van der Waals surface area contributed by atoms with Crippen LogP contribution in [0.5, 0.6) is 0 Å². The van der Waals surface area contributed by atoms with E-state index in [1.165, 1.54) is 31.4 Å². The van der Waals surface area contributed by atoms with Crippen LogP contribution in [-0.4, -0.2) is 51.7 Å². The first-order valence-corrected chi connectivity index (χ1v) is 11.0. The summed E-state index contributed by atoms with van der Waals surface area (Å²) in [5.41, 5.74) is 1.22. The standard InChI is InChI=1S/C20H26N4O5S/c1-14-12-24(13-15(2)29-14)19-9-4-16(10-21-19)11-22-20(25)17-5-7-18(8-6-17)30(26,27)23-28-3/h4-10,14-15,23H,11-13H2,1-3H3,(H,22,25). The maximum Gasteiger partial charge on any atom is 0.262 e. The summed E-state index contributed by atoms with van der Waals surface area (Å²) in [6, 6.07) is 9.45. The molecule has 2 unspecified atom stereocenters. The highest BCUT2D eigenvalue weighted by Gasteiger charge is 2.23. The van der Waals surface area contributed by atoms with Crippen molar-refractivity contribution in [1.82, 2.24) is 15.2 Å². The normalized spacial score (nSPS) is 19.5. The first-order chi connectivity index (χ1) is 14.3. The fourth-order valence-corrected chi connectivity index (χ4v) is 4.11. The Kier molecular flexibility index (Phi) is 7.03. The molecule has 0 aliphatic carbocycles. The van der Waals surface area contributed by atoms with E-state index in [1.54, 1.807) is 6.20 Å². The molecule has 1 amide bonds. The lowest BCUT2D eigenvalue weighted by molar-refractivity contribution is -0.00546. The Balaban J connectivity index is 1.57. The van der Waals surface area contributed by atoms with Crippen LogP contribution in [0, 0.1) is 0 Å². The number of nitrogens with one attached hydrogen (secondary N) is 2. The van der Waals surface area contributed by atoms with Crippen molar-refractivity contribution in [2.75, 3.05) is 25.1 Å². The number of hydrogen-bond donors (Lipinski definition) is 2. The van der Waals surface area contributed by atoms with Crippen molar-refractivity contribution in [3.63, 3.8) is 0 Å². The molecule has 2 atom stereocenters. The second-order valence-electron chi connectivity index (χ2n) is 7.18. The van der Waals surface area contributed by atoms with Gasteiger partial charge in [-0.1, -0.05) is 11.0 Å². The van der Waals surface area contributed by atoms with Crippen molar-refractivity contribution in [3.05, 3.63) is 53.7 Å². The topological polar surface area (TPSA) is 110 Å². The van der Waals surface area contributed by atoms with Crippen LogP contribution in [0.15, 0.2) is 47.5 Å². The Morgan fingerprint density at radius 3 is 2.40 bits per heavy atom. The molecule has 0 bridgehead atoms. The SMILES string of the molecule is CONS(=O)(=O)c1ccc(C(=O)NCc2ccc(N3CC(C)OC(C)C3)nc2)cc1. The van der Waals surface area contributed by atoms with Crippen LogP contribution < -0.4 is 15.1 Å². The first-order valence-electron chi connectivity index (χ1n) is 9.57. The summed E-state index contributed by atoms with van der Waals surface area (Å²) in [5.74, 6) is 0.576. The van der Waals surface area contributed by atoms with Gasteiger partial charge in [0.2, 0.25) is 0 Å². The zero-order chi connectivity index (χ0) is 21.7. The van der Waals surface area contributed by atoms with E-state index >= 15 is 0 Å². The molecule has 1 aliphatic heterocycles. The summed E-state index contributed by atoms with van der Waals surface area (Å²) in [4.78, 5) is 25.4. The predicted octanol–water partition coefficient (Wildman–Crippen LogP) is 1.46. The number of hydrogen-bond acceptors (Lipinski definition) is 7. The minimum absolute atomic E-state index is 0.00689. The number of morpholine rings is 1. The summed E-state index contributed by atoms with van der Waals surface area (Å²) >= 11 is 0. The third kappa shape index (κ3) is 5.54. The van der Waals surface area contributed by atoms with Crippen molar-refractivity contribution < 1.29 is 22.8 Å². The minimum atomic E-state index is -3.75. The van der Waals surface area contributed by atoms with Gasteiger partial charge in [-0.05, 0) is 49.7 Å². The number of anilines is 1. The predicted molar refractivity (Wildman–Crippen MR) is 111 cm³/mol. The Morgan fingerprint density at radius 2 is 1.83 bits per heavy atom. The van der Waals surface area contributed by atoms with Gasteiger partial charge < -0.3 is 15.0 Å². The quantitative estimate of drug-likeness (QED) is 0.635. The van der Waals surface area contributed by atoms with Gasteiger partial charge in [0.25, 0.3) is 15.9 Å². The van der Waals surface area contributed by atoms with E-state index in [-0.39, 0.29) is 23.0 Å². The van der Waals surface area contributed by atoms with E-state index in [1.807, 2.05) is 30.9 Å². The number of sulfonamides is 1. The number of rotatable bonds is 7. The number of benzene rings is 1. The first kappa shape index (κ1) is 22.2. The molecule has 0 saturated carbocycles. The van der Waals surface area contributed by atoms with Gasteiger partial charge in [0.15, 0.2) is 0 Å². The highest BCUT2D eigenvalue weighted by molar-refractivity contribution is 7.89. The number of ether oxygens (including phenoxy) is 1. The lowest BCUT2D eigenvalue weighted by atomic mass is 10.2. The number of nitrogens with zero attached hydrogens (tertiary/aromatic N) is 2. The molecule has 1 aliphatic rings. The zero-order valence-corrected chi connectivity index (χ0v) is 18.0. The average Bonchev–Trinajstić information content (AvgIpc) is 2.72. The van der Waals surface area contributed by atoms with Crippen LogP contribution in [0.4, 0.5) is 5.82 Å². The van der Waals surface area contributed by atoms with E-state index in [2.05, 4.69) is 20.0 Å². The van der Waals surface area contributed by atoms with Gasteiger partial charge in [0.1, 0.15) is 5.82 Å². The molecule has 1 aromatic heterocycles. The van der Waals surface area contributed by atoms with Crippen molar-refractivity contribution in [3.8, 4) is 0 Å². The lowest BCUT2D eigenvalue weighted by Gasteiger charge is -2.36. The summed E-state index contributed by atoms with van der Waals surface area (Å²) in [5, 5.41) is 2.81. The van der Waals surface area contributed by atoms with Crippen molar-refractivity contribution >= 4 is 21.7 Å². The van der Waals surface area contributed by atoms with Gasteiger partial charge in [-0.3, -0.25) is 9.63 Å². The molecule has 0 radical (unpaired) electrons. The van der Waals surface area contributed by atoms with Crippen LogP contribution in [0.3, 0.4) is 0 Å². The van der Waals surface area contributed by atoms with Crippen LogP contribution >= 0.6 is 0 Å². The molecule has 9 nitrogen and oxygen atoms in total. The molecule has 2 aromatic rings. The molecule has 1 saturated heterocycles. The molecule has 10 heteroatoms. The summed E-state index contributed by atoms with van der Waals surface area (Å²) in [6.07, 6.45) is 2.05. The third-order valence-electron chi connectivity index (χ3n) is 4.63. The summed E-state index contributed by atoms with van der Waals surface area (Å²) < 4.78 is 29.4. The average molecular weight is 435 g/mol. The molecule has 30 heavy (non-hydrogen) atoms. The summed E-state index contributed by atoms with van der Waals surface area (Å²) in [7, 11) is -2.54. The maximum absolute atomic E-state index is 12.3. The van der Waals surface area contributed by atoms with E-state index in [0.29, 0.717) is 12.1 Å². The highest BCUT2D eigenvalue weighted by atomic mass is 32.2. The van der Waals surface area contributed by atoms with Crippen LogP contribution in [0.2, 0.25) is 0 Å². The third-order valence-corrected chi connectivity index (χ3v) is 5.90. The smallest absolute Gasteiger partial charge is 0.262 e. The van der Waals surface area contributed by atoms with Crippen molar-refractivity contribution in [2.45, 2.75) is 37.5 Å². The van der Waals surface area contributed by atoms with Gasteiger partial charge in [-0.25, -0.2) is 13.4 Å². The Hall–Kier alpha value is -2.53. The second kappa shape index (κ2) is 9.52. The second-order valence-corrected chi connectivity index (χ2v) is 8.83. The minimum Gasteiger partial charge on any atom is -0.372 e. The van der Waals surface area contributed by atoms with Gasteiger partial charge in [-0.2, -0.15) is 0 Å². The van der Waals surface area contributed by atoms with E-state index in [4.69, 9.17) is 4.74 Å². The van der Waals surface area contributed by atoms with Crippen molar-refractivity contribution in [1.29, 1.82) is 0 Å². The van der Waals surface area contributed by atoms with Gasteiger partial charge in [0, 0.05) is 31.4 Å². The fraction of sp³-hybridized carbons (Fsp3) is 0.400.